The lowest BCUT2D eigenvalue weighted by Gasteiger charge is -2.15. The molecule has 1 aromatic rings. The minimum atomic E-state index is -3.41. The van der Waals surface area contributed by atoms with Crippen LogP contribution in [0.1, 0.15) is 45.7 Å². The van der Waals surface area contributed by atoms with Crippen LogP contribution in [-0.4, -0.2) is 26.0 Å². The highest BCUT2D eigenvalue weighted by molar-refractivity contribution is 7.89. The highest BCUT2D eigenvalue weighted by Crippen LogP contribution is 2.13. The monoisotopic (exact) mass is 287 g/mol. The van der Waals surface area contributed by atoms with Gasteiger partial charge in [-0.15, -0.1) is 0 Å². The number of aromatic amines is 1. The summed E-state index contributed by atoms with van der Waals surface area (Å²) >= 11 is 0. The molecule has 0 saturated carbocycles. The maximum absolute atomic E-state index is 12.2. The molecule has 0 radical (unpaired) electrons. The van der Waals surface area contributed by atoms with Crippen LogP contribution in [0.3, 0.4) is 0 Å². The lowest BCUT2D eigenvalue weighted by atomic mass is 10.1. The first-order chi connectivity index (χ1) is 9.03. The molecule has 0 aliphatic rings. The van der Waals surface area contributed by atoms with Crippen molar-refractivity contribution in [1.82, 2.24) is 15.0 Å². The van der Waals surface area contributed by atoms with Gasteiger partial charge in [-0.05, 0) is 25.5 Å². The summed E-state index contributed by atoms with van der Waals surface area (Å²) < 4.78 is 27.2. The minimum absolute atomic E-state index is 0.0158. The van der Waals surface area contributed by atoms with Crippen LogP contribution in [0, 0.1) is 0 Å². The number of aromatic nitrogens is 1. The summed E-state index contributed by atoms with van der Waals surface area (Å²) in [6.45, 7) is 7.57. The van der Waals surface area contributed by atoms with Crippen LogP contribution in [0.2, 0.25) is 0 Å². The van der Waals surface area contributed by atoms with E-state index >= 15 is 0 Å². The minimum Gasteiger partial charge on any atom is -0.363 e. The number of H-pyrrole nitrogens is 1. The van der Waals surface area contributed by atoms with E-state index < -0.39 is 10.0 Å². The molecule has 1 heterocycles. The van der Waals surface area contributed by atoms with E-state index in [1.54, 1.807) is 12.3 Å². The van der Waals surface area contributed by atoms with E-state index in [0.29, 0.717) is 11.4 Å². The Labute approximate surface area is 116 Å². The third-order valence-electron chi connectivity index (χ3n) is 3.04. The zero-order valence-corrected chi connectivity index (χ0v) is 12.8. The highest BCUT2D eigenvalue weighted by atomic mass is 32.2. The summed E-state index contributed by atoms with van der Waals surface area (Å²) in [5.41, 5.74) is 0.880. The van der Waals surface area contributed by atoms with Crippen molar-refractivity contribution in [2.75, 3.05) is 6.54 Å². The quantitative estimate of drug-likeness (QED) is 0.650. The van der Waals surface area contributed by atoms with Crippen LogP contribution in [0.25, 0.3) is 0 Å². The van der Waals surface area contributed by atoms with Gasteiger partial charge in [-0.1, -0.05) is 27.2 Å². The first-order valence-corrected chi connectivity index (χ1v) is 8.42. The normalized spacial score (nSPS) is 13.6. The molecule has 0 aliphatic heterocycles. The Morgan fingerprint density at radius 2 is 2.05 bits per heavy atom. The highest BCUT2D eigenvalue weighted by Gasteiger charge is 2.19. The standard InChI is InChI=1S/C13H25N3O2S/c1-4-7-11(5-2)16-19(17,18)13-8-12(15-10-13)9-14-6-3/h8,10-11,14-16H,4-7,9H2,1-3H3. The lowest BCUT2D eigenvalue weighted by Crippen LogP contribution is -2.34. The van der Waals surface area contributed by atoms with Gasteiger partial charge in [0, 0.05) is 24.5 Å². The molecular formula is C13H25N3O2S. The molecule has 6 heteroatoms. The molecule has 1 unspecified atom stereocenters. The molecule has 19 heavy (non-hydrogen) atoms. The van der Waals surface area contributed by atoms with Gasteiger partial charge >= 0.3 is 0 Å². The fraction of sp³-hybridized carbons (Fsp3) is 0.692. The van der Waals surface area contributed by atoms with Crippen molar-refractivity contribution in [3.63, 3.8) is 0 Å². The van der Waals surface area contributed by atoms with E-state index in [4.69, 9.17) is 0 Å². The Bertz CT molecular complexity index is 468. The average Bonchev–Trinajstić information content (AvgIpc) is 2.85. The third-order valence-corrected chi connectivity index (χ3v) is 4.54. The predicted octanol–water partition coefficient (Wildman–Crippen LogP) is 1.98. The molecule has 0 fully saturated rings. The molecule has 5 nitrogen and oxygen atoms in total. The van der Waals surface area contributed by atoms with Crippen molar-refractivity contribution in [3.05, 3.63) is 18.0 Å². The number of sulfonamides is 1. The first-order valence-electron chi connectivity index (χ1n) is 6.93. The molecule has 0 aliphatic carbocycles. The van der Waals surface area contributed by atoms with Crippen molar-refractivity contribution < 1.29 is 8.42 Å². The topological polar surface area (TPSA) is 74.0 Å². The Kier molecular flexibility index (Phi) is 6.54. The van der Waals surface area contributed by atoms with Crippen LogP contribution >= 0.6 is 0 Å². The van der Waals surface area contributed by atoms with Crippen LogP contribution in [-0.2, 0) is 16.6 Å². The maximum Gasteiger partial charge on any atom is 0.242 e. The summed E-state index contributed by atoms with van der Waals surface area (Å²) in [6, 6.07) is 1.70. The van der Waals surface area contributed by atoms with Crippen molar-refractivity contribution in [2.45, 2.75) is 57.5 Å². The number of hydrogen-bond donors (Lipinski definition) is 3. The molecular weight excluding hydrogens is 262 g/mol. The second kappa shape index (κ2) is 7.67. The van der Waals surface area contributed by atoms with Gasteiger partial charge in [-0.3, -0.25) is 0 Å². The van der Waals surface area contributed by atoms with Crippen LogP contribution in [0.5, 0.6) is 0 Å². The van der Waals surface area contributed by atoms with Crippen molar-refractivity contribution in [1.29, 1.82) is 0 Å². The Morgan fingerprint density at radius 1 is 1.32 bits per heavy atom. The molecule has 3 N–H and O–H groups in total. The molecule has 0 bridgehead atoms. The van der Waals surface area contributed by atoms with E-state index in [0.717, 1.165) is 31.5 Å². The number of nitrogens with one attached hydrogen (secondary N) is 3. The van der Waals surface area contributed by atoms with E-state index in [1.807, 2.05) is 13.8 Å². The summed E-state index contributed by atoms with van der Waals surface area (Å²) in [6.07, 6.45) is 4.19. The fourth-order valence-electron chi connectivity index (χ4n) is 1.92. The summed E-state index contributed by atoms with van der Waals surface area (Å²) in [7, 11) is -3.41. The predicted molar refractivity (Wildman–Crippen MR) is 77.5 cm³/mol. The van der Waals surface area contributed by atoms with E-state index in [2.05, 4.69) is 21.9 Å². The third kappa shape index (κ3) is 4.97. The van der Waals surface area contributed by atoms with Gasteiger partial charge in [0.2, 0.25) is 10.0 Å². The van der Waals surface area contributed by atoms with Gasteiger partial charge in [0.25, 0.3) is 0 Å². The van der Waals surface area contributed by atoms with Crippen LogP contribution in [0.15, 0.2) is 17.2 Å². The van der Waals surface area contributed by atoms with Crippen LogP contribution in [0.4, 0.5) is 0 Å². The SMILES string of the molecule is CCCC(CC)NS(=O)(=O)c1c[nH]c(CNCC)c1. The van der Waals surface area contributed by atoms with Gasteiger partial charge in [-0.2, -0.15) is 0 Å². The van der Waals surface area contributed by atoms with E-state index in [9.17, 15) is 8.42 Å². The van der Waals surface area contributed by atoms with E-state index in [1.165, 1.54) is 0 Å². The average molecular weight is 287 g/mol. The van der Waals surface area contributed by atoms with E-state index in [-0.39, 0.29) is 6.04 Å². The second-order valence-electron chi connectivity index (χ2n) is 4.66. The van der Waals surface area contributed by atoms with Crippen LogP contribution < -0.4 is 10.0 Å². The zero-order valence-electron chi connectivity index (χ0n) is 12.0. The van der Waals surface area contributed by atoms with Gasteiger partial charge in [0.1, 0.15) is 0 Å². The molecule has 0 spiro atoms. The molecule has 1 rings (SSSR count). The van der Waals surface area contributed by atoms with Gasteiger partial charge < -0.3 is 10.3 Å². The first kappa shape index (κ1) is 16.2. The van der Waals surface area contributed by atoms with Crippen molar-refractivity contribution in [2.24, 2.45) is 0 Å². The Morgan fingerprint density at radius 3 is 2.63 bits per heavy atom. The molecule has 110 valence electrons. The molecule has 0 aromatic carbocycles. The van der Waals surface area contributed by atoms with Gasteiger partial charge in [0.05, 0.1) is 4.90 Å². The summed E-state index contributed by atoms with van der Waals surface area (Å²) in [5.74, 6) is 0. The number of hydrogen-bond acceptors (Lipinski definition) is 3. The second-order valence-corrected chi connectivity index (χ2v) is 6.37. The van der Waals surface area contributed by atoms with Crippen molar-refractivity contribution in [3.8, 4) is 0 Å². The van der Waals surface area contributed by atoms with Gasteiger partial charge in [0.15, 0.2) is 0 Å². The Balaban J connectivity index is 2.73. The van der Waals surface area contributed by atoms with Crippen molar-refractivity contribution >= 4 is 10.0 Å². The molecule has 0 amide bonds. The summed E-state index contributed by atoms with van der Waals surface area (Å²) in [5, 5.41) is 3.16. The maximum atomic E-state index is 12.2. The molecule has 0 saturated heterocycles. The summed E-state index contributed by atoms with van der Waals surface area (Å²) in [4.78, 5) is 3.30. The number of rotatable bonds is 9. The largest absolute Gasteiger partial charge is 0.363 e. The smallest absolute Gasteiger partial charge is 0.242 e. The zero-order chi connectivity index (χ0) is 14.3. The molecule has 1 aromatic heterocycles. The lowest BCUT2D eigenvalue weighted by molar-refractivity contribution is 0.512. The molecule has 1 atom stereocenters. The fourth-order valence-corrected chi connectivity index (χ4v) is 3.29. The Hall–Kier alpha value is -0.850. The van der Waals surface area contributed by atoms with Gasteiger partial charge in [-0.25, -0.2) is 13.1 Å².